The largest absolute Gasteiger partial charge is 0.497 e. The Morgan fingerprint density at radius 1 is 1.21 bits per heavy atom. The first kappa shape index (κ1) is 18.6. The lowest BCUT2D eigenvalue weighted by atomic mass is 9.98. The fourth-order valence-corrected chi connectivity index (χ4v) is 3.92. The van der Waals surface area contributed by atoms with Gasteiger partial charge in [-0.1, -0.05) is 12.1 Å². The first-order valence-electron chi connectivity index (χ1n) is 9.40. The van der Waals surface area contributed by atoms with Gasteiger partial charge >= 0.3 is 0 Å². The number of piperidine rings is 1. The maximum absolute atomic E-state index is 5.69. The molecule has 2 aromatic carbocycles. The summed E-state index contributed by atoms with van der Waals surface area (Å²) in [6.45, 7) is 1.77. The lowest BCUT2D eigenvalue weighted by Gasteiger charge is -2.34. The van der Waals surface area contributed by atoms with Gasteiger partial charge in [-0.25, -0.2) is 4.98 Å². The van der Waals surface area contributed by atoms with E-state index in [9.17, 15) is 0 Å². The van der Waals surface area contributed by atoms with Crippen molar-refractivity contribution in [3.63, 3.8) is 0 Å². The molecule has 1 fully saturated rings. The summed E-state index contributed by atoms with van der Waals surface area (Å²) in [5.41, 5.74) is 2.93. The van der Waals surface area contributed by atoms with Crippen LogP contribution < -0.4 is 14.8 Å². The van der Waals surface area contributed by atoms with Crippen molar-refractivity contribution in [1.82, 2.24) is 14.9 Å². The molecule has 0 amide bonds. The van der Waals surface area contributed by atoms with Gasteiger partial charge in [0, 0.05) is 25.1 Å². The van der Waals surface area contributed by atoms with Gasteiger partial charge in [0.15, 0.2) is 5.11 Å². The van der Waals surface area contributed by atoms with E-state index in [1.807, 2.05) is 36.4 Å². The van der Waals surface area contributed by atoms with E-state index < -0.39 is 0 Å². The van der Waals surface area contributed by atoms with Gasteiger partial charge in [0.2, 0.25) is 0 Å². The van der Waals surface area contributed by atoms with Crippen LogP contribution in [0.1, 0.15) is 24.6 Å². The molecule has 0 saturated carbocycles. The average Bonchev–Trinajstić information content (AvgIpc) is 3.18. The number of benzene rings is 2. The Morgan fingerprint density at radius 2 is 2.07 bits per heavy atom. The standard InChI is InChI=1S/C21H24N4O2S/c1-26-15-9-10-18(19(12-15)27-2)24-21(28)25-11-5-6-14(13-25)20-22-16-7-3-4-8-17(16)23-20/h3-4,7-10,12,14H,5-6,11,13H2,1-2H3,(H,22,23)(H,24,28). The Bertz CT molecular complexity index is 954. The number of rotatable bonds is 4. The Kier molecular flexibility index (Phi) is 5.34. The van der Waals surface area contributed by atoms with Crippen LogP contribution in [0.25, 0.3) is 11.0 Å². The van der Waals surface area contributed by atoms with Gasteiger partial charge in [-0.3, -0.25) is 0 Å². The molecule has 0 spiro atoms. The molecule has 28 heavy (non-hydrogen) atoms. The summed E-state index contributed by atoms with van der Waals surface area (Å²) in [7, 11) is 3.28. The molecule has 0 aliphatic carbocycles. The van der Waals surface area contributed by atoms with Crippen molar-refractivity contribution >= 4 is 34.1 Å². The minimum Gasteiger partial charge on any atom is -0.497 e. The maximum Gasteiger partial charge on any atom is 0.173 e. The summed E-state index contributed by atoms with van der Waals surface area (Å²) in [5.74, 6) is 2.82. The smallest absolute Gasteiger partial charge is 0.173 e. The molecule has 146 valence electrons. The van der Waals surface area contributed by atoms with Crippen LogP contribution in [-0.4, -0.2) is 47.3 Å². The van der Waals surface area contributed by atoms with Crippen molar-refractivity contribution in [2.45, 2.75) is 18.8 Å². The molecule has 4 rings (SSSR count). The zero-order valence-electron chi connectivity index (χ0n) is 16.1. The number of methoxy groups -OCH3 is 2. The van der Waals surface area contributed by atoms with E-state index in [-0.39, 0.29) is 0 Å². The number of H-pyrrole nitrogens is 1. The lowest BCUT2D eigenvalue weighted by Crippen LogP contribution is -2.41. The predicted molar refractivity (Wildman–Crippen MR) is 115 cm³/mol. The molecule has 2 heterocycles. The number of imidazole rings is 1. The summed E-state index contributed by atoms with van der Waals surface area (Å²) in [4.78, 5) is 10.5. The molecule has 1 atom stereocenters. The summed E-state index contributed by atoms with van der Waals surface area (Å²) in [6, 6.07) is 13.8. The second kappa shape index (κ2) is 8.06. The molecule has 3 aromatic rings. The summed E-state index contributed by atoms with van der Waals surface area (Å²) >= 11 is 5.69. The molecule has 0 bridgehead atoms. The number of nitrogens with one attached hydrogen (secondary N) is 2. The molecule has 6 nitrogen and oxygen atoms in total. The molecular weight excluding hydrogens is 372 g/mol. The van der Waals surface area contributed by atoms with Crippen molar-refractivity contribution in [3.8, 4) is 11.5 Å². The highest BCUT2D eigenvalue weighted by molar-refractivity contribution is 7.80. The van der Waals surface area contributed by atoms with Gasteiger partial charge in [0.1, 0.15) is 17.3 Å². The van der Waals surface area contributed by atoms with Crippen LogP contribution in [0.2, 0.25) is 0 Å². The minimum atomic E-state index is 0.332. The first-order valence-corrected chi connectivity index (χ1v) is 9.81. The van der Waals surface area contributed by atoms with Crippen molar-refractivity contribution in [1.29, 1.82) is 0 Å². The minimum absolute atomic E-state index is 0.332. The Morgan fingerprint density at radius 3 is 2.86 bits per heavy atom. The third kappa shape index (κ3) is 3.75. The van der Waals surface area contributed by atoms with E-state index in [4.69, 9.17) is 26.7 Å². The Labute approximate surface area is 169 Å². The fraction of sp³-hybridized carbons (Fsp3) is 0.333. The average molecular weight is 397 g/mol. The van der Waals surface area contributed by atoms with E-state index in [1.54, 1.807) is 14.2 Å². The Balaban J connectivity index is 1.47. The second-order valence-corrected chi connectivity index (χ2v) is 7.31. The number of ether oxygens (including phenoxy) is 2. The van der Waals surface area contributed by atoms with Crippen LogP contribution in [0, 0.1) is 0 Å². The lowest BCUT2D eigenvalue weighted by molar-refractivity contribution is 0.306. The van der Waals surface area contributed by atoms with Gasteiger partial charge in [0.25, 0.3) is 0 Å². The zero-order valence-corrected chi connectivity index (χ0v) is 16.9. The third-order valence-electron chi connectivity index (χ3n) is 5.15. The number of likely N-dealkylation sites (tertiary alicyclic amines) is 1. The SMILES string of the molecule is COc1ccc(NC(=S)N2CCCC(c3nc4ccccc4[nH]3)C2)c(OC)c1. The molecule has 1 aliphatic heterocycles. The first-order chi connectivity index (χ1) is 13.7. The molecule has 1 unspecified atom stereocenters. The number of aromatic amines is 1. The number of thiocarbonyl (C=S) groups is 1. The molecule has 1 saturated heterocycles. The number of anilines is 1. The van der Waals surface area contributed by atoms with Crippen molar-refractivity contribution < 1.29 is 9.47 Å². The number of nitrogens with zero attached hydrogens (tertiary/aromatic N) is 2. The van der Waals surface area contributed by atoms with Crippen LogP contribution in [0.5, 0.6) is 11.5 Å². The summed E-state index contributed by atoms with van der Waals surface area (Å²) in [6.07, 6.45) is 2.17. The Hall–Kier alpha value is -2.80. The van der Waals surface area contributed by atoms with Crippen LogP contribution >= 0.6 is 12.2 Å². The van der Waals surface area contributed by atoms with Crippen LogP contribution in [0.3, 0.4) is 0 Å². The highest BCUT2D eigenvalue weighted by Crippen LogP contribution is 2.31. The van der Waals surface area contributed by atoms with Gasteiger partial charge < -0.3 is 24.7 Å². The van der Waals surface area contributed by atoms with Crippen LogP contribution in [-0.2, 0) is 0 Å². The van der Waals surface area contributed by atoms with Gasteiger partial charge in [-0.2, -0.15) is 0 Å². The third-order valence-corrected chi connectivity index (χ3v) is 5.51. The highest BCUT2D eigenvalue weighted by atomic mass is 32.1. The molecule has 1 aromatic heterocycles. The van der Waals surface area contributed by atoms with Gasteiger partial charge in [0.05, 0.1) is 30.9 Å². The predicted octanol–water partition coefficient (Wildman–Crippen LogP) is 4.16. The molecule has 2 N–H and O–H groups in total. The quantitative estimate of drug-likeness (QED) is 0.646. The van der Waals surface area contributed by atoms with Crippen molar-refractivity contribution in [2.24, 2.45) is 0 Å². The van der Waals surface area contributed by atoms with E-state index in [0.29, 0.717) is 16.8 Å². The number of fused-ring (bicyclic) bond motifs is 1. The van der Waals surface area contributed by atoms with Crippen molar-refractivity contribution in [3.05, 3.63) is 48.3 Å². The van der Waals surface area contributed by atoms with Gasteiger partial charge in [-0.15, -0.1) is 0 Å². The van der Waals surface area contributed by atoms with E-state index in [1.165, 1.54) is 0 Å². The number of hydrogen-bond donors (Lipinski definition) is 2. The molecular formula is C21H24N4O2S. The van der Waals surface area contributed by atoms with Gasteiger partial charge in [-0.05, 0) is 49.3 Å². The normalized spacial score (nSPS) is 16.8. The zero-order chi connectivity index (χ0) is 19.5. The monoisotopic (exact) mass is 396 g/mol. The van der Waals surface area contributed by atoms with Crippen molar-refractivity contribution in [2.75, 3.05) is 32.6 Å². The highest BCUT2D eigenvalue weighted by Gasteiger charge is 2.25. The number of aromatic nitrogens is 2. The summed E-state index contributed by atoms with van der Waals surface area (Å²) in [5, 5.41) is 4.03. The fourth-order valence-electron chi connectivity index (χ4n) is 3.65. The topological polar surface area (TPSA) is 62.4 Å². The van der Waals surface area contributed by atoms with E-state index in [0.717, 1.165) is 54.2 Å². The molecule has 7 heteroatoms. The maximum atomic E-state index is 5.69. The second-order valence-electron chi connectivity index (χ2n) is 6.92. The molecule has 1 aliphatic rings. The molecule has 0 radical (unpaired) electrons. The van der Waals surface area contributed by atoms with Crippen LogP contribution in [0.4, 0.5) is 5.69 Å². The van der Waals surface area contributed by atoms with E-state index >= 15 is 0 Å². The number of para-hydroxylation sites is 2. The van der Waals surface area contributed by atoms with Crippen LogP contribution in [0.15, 0.2) is 42.5 Å². The number of hydrogen-bond acceptors (Lipinski definition) is 4. The summed E-state index contributed by atoms with van der Waals surface area (Å²) < 4.78 is 10.7. The van der Waals surface area contributed by atoms with E-state index in [2.05, 4.69) is 21.3 Å².